The number of carboxylic acid groups (broad SMARTS) is 1. The van der Waals surface area contributed by atoms with Gasteiger partial charge in [-0.15, -0.1) is 0 Å². The predicted octanol–water partition coefficient (Wildman–Crippen LogP) is 2.18. The molecule has 1 atom stereocenters. The normalized spacial score (nSPS) is 21.1. The Kier molecular flexibility index (Phi) is 3.78. The van der Waals surface area contributed by atoms with Gasteiger partial charge in [-0.05, 0) is 32.2 Å². The van der Waals surface area contributed by atoms with Crippen LogP contribution in [0.2, 0.25) is 5.02 Å². The molecule has 0 aliphatic carbocycles. The van der Waals surface area contributed by atoms with Gasteiger partial charge in [0.25, 0.3) is 0 Å². The van der Waals surface area contributed by atoms with Crippen molar-refractivity contribution in [2.75, 3.05) is 31.6 Å². The number of halogens is 1. The maximum atomic E-state index is 11.3. The van der Waals surface area contributed by atoms with Crippen LogP contribution in [0.4, 0.5) is 5.69 Å². The van der Waals surface area contributed by atoms with Crippen molar-refractivity contribution in [3.05, 3.63) is 28.8 Å². The zero-order valence-corrected chi connectivity index (χ0v) is 11.3. The van der Waals surface area contributed by atoms with Gasteiger partial charge in [-0.3, -0.25) is 0 Å². The second-order valence-corrected chi connectivity index (χ2v) is 5.18. The quantitative estimate of drug-likeness (QED) is 0.893. The van der Waals surface area contributed by atoms with E-state index in [0.717, 1.165) is 25.3 Å². The standard InChI is InChI=1S/C13H17ClN2O2/c1-9-8-16(6-5-15(9)2)12-4-3-10(14)7-11(12)13(17)18/h3-4,7,9H,5-6,8H2,1-2H3,(H,17,18). The molecule has 1 unspecified atom stereocenters. The van der Waals surface area contributed by atoms with Crippen LogP contribution in [0, 0.1) is 0 Å². The smallest absolute Gasteiger partial charge is 0.337 e. The summed E-state index contributed by atoms with van der Waals surface area (Å²) in [5.74, 6) is -0.931. The molecule has 98 valence electrons. The average molecular weight is 269 g/mol. The highest BCUT2D eigenvalue weighted by molar-refractivity contribution is 6.31. The van der Waals surface area contributed by atoms with E-state index in [0.29, 0.717) is 11.1 Å². The Morgan fingerprint density at radius 3 is 2.78 bits per heavy atom. The van der Waals surface area contributed by atoms with E-state index in [1.807, 2.05) is 0 Å². The lowest BCUT2D eigenvalue weighted by Crippen LogP contribution is -2.50. The first-order chi connectivity index (χ1) is 8.49. The lowest BCUT2D eigenvalue weighted by atomic mass is 10.1. The molecule has 0 saturated carbocycles. The Hall–Kier alpha value is -1.26. The van der Waals surface area contributed by atoms with Crippen molar-refractivity contribution in [2.24, 2.45) is 0 Å². The van der Waals surface area contributed by atoms with Crippen LogP contribution >= 0.6 is 11.6 Å². The van der Waals surface area contributed by atoms with Crippen LogP contribution in [-0.2, 0) is 0 Å². The molecule has 1 aromatic rings. The highest BCUT2D eigenvalue weighted by Gasteiger charge is 2.24. The molecule has 1 fully saturated rings. The Bertz CT molecular complexity index is 464. The molecular weight excluding hydrogens is 252 g/mol. The van der Waals surface area contributed by atoms with Gasteiger partial charge in [0, 0.05) is 30.7 Å². The first-order valence-corrected chi connectivity index (χ1v) is 6.35. The number of rotatable bonds is 2. The van der Waals surface area contributed by atoms with Crippen molar-refractivity contribution in [1.82, 2.24) is 4.90 Å². The van der Waals surface area contributed by atoms with Crippen molar-refractivity contribution >= 4 is 23.3 Å². The molecule has 4 nitrogen and oxygen atoms in total. The maximum absolute atomic E-state index is 11.3. The lowest BCUT2D eigenvalue weighted by molar-refractivity contribution is 0.0697. The molecule has 1 saturated heterocycles. The SMILES string of the molecule is CC1CN(c2ccc(Cl)cc2C(=O)O)CCN1C. The summed E-state index contributed by atoms with van der Waals surface area (Å²) in [4.78, 5) is 15.7. The zero-order chi connectivity index (χ0) is 13.3. The molecule has 2 rings (SSSR count). The van der Waals surface area contributed by atoms with Gasteiger partial charge in [0.2, 0.25) is 0 Å². The summed E-state index contributed by atoms with van der Waals surface area (Å²) in [6.07, 6.45) is 0. The highest BCUT2D eigenvalue weighted by atomic mass is 35.5. The number of likely N-dealkylation sites (N-methyl/N-ethyl adjacent to an activating group) is 1. The maximum Gasteiger partial charge on any atom is 0.337 e. The van der Waals surface area contributed by atoms with E-state index in [1.54, 1.807) is 12.1 Å². The molecule has 0 spiro atoms. The molecule has 0 bridgehead atoms. The van der Waals surface area contributed by atoms with Gasteiger partial charge in [0.05, 0.1) is 11.3 Å². The van der Waals surface area contributed by atoms with E-state index in [-0.39, 0.29) is 5.56 Å². The summed E-state index contributed by atoms with van der Waals surface area (Å²) < 4.78 is 0. The van der Waals surface area contributed by atoms with Crippen molar-refractivity contribution in [3.8, 4) is 0 Å². The Morgan fingerprint density at radius 2 is 2.17 bits per heavy atom. The number of nitrogens with zero attached hydrogens (tertiary/aromatic N) is 2. The van der Waals surface area contributed by atoms with Gasteiger partial charge in [0.15, 0.2) is 0 Å². The van der Waals surface area contributed by atoms with Crippen LogP contribution in [0.1, 0.15) is 17.3 Å². The fourth-order valence-corrected chi connectivity index (χ4v) is 2.39. The number of anilines is 1. The summed E-state index contributed by atoms with van der Waals surface area (Å²) in [6, 6.07) is 5.47. The number of hydrogen-bond donors (Lipinski definition) is 1. The van der Waals surface area contributed by atoms with Gasteiger partial charge >= 0.3 is 5.97 Å². The van der Waals surface area contributed by atoms with E-state index in [9.17, 15) is 9.90 Å². The number of carboxylic acids is 1. The summed E-state index contributed by atoms with van der Waals surface area (Å²) in [6.45, 7) is 4.74. The van der Waals surface area contributed by atoms with Gasteiger partial charge in [0.1, 0.15) is 0 Å². The molecule has 1 aliphatic rings. The molecule has 1 N–H and O–H groups in total. The first kappa shape index (κ1) is 13.2. The predicted molar refractivity (Wildman–Crippen MR) is 72.7 cm³/mol. The van der Waals surface area contributed by atoms with Crippen LogP contribution in [0.3, 0.4) is 0 Å². The van der Waals surface area contributed by atoms with Crippen molar-refractivity contribution in [1.29, 1.82) is 0 Å². The molecule has 0 radical (unpaired) electrons. The number of hydrogen-bond acceptors (Lipinski definition) is 3. The van der Waals surface area contributed by atoms with Gasteiger partial charge in [-0.2, -0.15) is 0 Å². The van der Waals surface area contributed by atoms with Crippen molar-refractivity contribution in [3.63, 3.8) is 0 Å². The second-order valence-electron chi connectivity index (χ2n) is 4.74. The number of piperazine rings is 1. The Morgan fingerprint density at radius 1 is 1.44 bits per heavy atom. The highest BCUT2D eigenvalue weighted by Crippen LogP contribution is 2.26. The van der Waals surface area contributed by atoms with Crippen LogP contribution in [0.15, 0.2) is 18.2 Å². The summed E-state index contributed by atoms with van der Waals surface area (Å²) in [7, 11) is 2.09. The fourth-order valence-electron chi connectivity index (χ4n) is 2.22. The summed E-state index contributed by atoms with van der Waals surface area (Å²) in [5.41, 5.74) is 1.03. The number of benzene rings is 1. The molecule has 0 amide bonds. The van der Waals surface area contributed by atoms with E-state index < -0.39 is 5.97 Å². The Labute approximate surface area is 112 Å². The minimum atomic E-state index is -0.931. The molecule has 18 heavy (non-hydrogen) atoms. The van der Waals surface area contributed by atoms with Crippen molar-refractivity contribution < 1.29 is 9.90 Å². The molecule has 1 heterocycles. The molecule has 0 aromatic heterocycles. The average Bonchev–Trinajstić information content (AvgIpc) is 2.32. The molecule has 1 aromatic carbocycles. The third-order valence-electron chi connectivity index (χ3n) is 3.49. The van der Waals surface area contributed by atoms with Crippen LogP contribution in [-0.4, -0.2) is 48.7 Å². The largest absolute Gasteiger partial charge is 0.478 e. The first-order valence-electron chi connectivity index (χ1n) is 5.97. The third kappa shape index (κ3) is 2.60. The van der Waals surface area contributed by atoms with Crippen molar-refractivity contribution in [2.45, 2.75) is 13.0 Å². The van der Waals surface area contributed by atoms with Gasteiger partial charge in [-0.1, -0.05) is 11.6 Å². The zero-order valence-electron chi connectivity index (χ0n) is 10.6. The molecule has 1 aliphatic heterocycles. The monoisotopic (exact) mass is 268 g/mol. The van der Waals surface area contributed by atoms with Crippen LogP contribution < -0.4 is 4.90 Å². The van der Waals surface area contributed by atoms with Crippen LogP contribution in [0.25, 0.3) is 0 Å². The van der Waals surface area contributed by atoms with Gasteiger partial charge in [-0.25, -0.2) is 4.79 Å². The van der Waals surface area contributed by atoms with Crippen LogP contribution in [0.5, 0.6) is 0 Å². The van der Waals surface area contributed by atoms with E-state index in [4.69, 9.17) is 11.6 Å². The number of aromatic carboxylic acids is 1. The molecule has 5 heteroatoms. The Balaban J connectivity index is 2.30. The third-order valence-corrected chi connectivity index (χ3v) is 3.72. The topological polar surface area (TPSA) is 43.8 Å². The lowest BCUT2D eigenvalue weighted by Gasteiger charge is -2.39. The number of carbonyl (C=O) groups is 1. The minimum absolute atomic E-state index is 0.277. The second kappa shape index (κ2) is 5.16. The summed E-state index contributed by atoms with van der Waals surface area (Å²) in [5, 5.41) is 9.70. The van der Waals surface area contributed by atoms with E-state index in [2.05, 4.69) is 23.8 Å². The minimum Gasteiger partial charge on any atom is -0.478 e. The van der Waals surface area contributed by atoms with Gasteiger partial charge < -0.3 is 14.9 Å². The summed E-state index contributed by atoms with van der Waals surface area (Å²) >= 11 is 5.86. The van der Waals surface area contributed by atoms with E-state index >= 15 is 0 Å². The fraction of sp³-hybridized carbons (Fsp3) is 0.462. The molecular formula is C13H17ClN2O2. The van der Waals surface area contributed by atoms with E-state index in [1.165, 1.54) is 6.07 Å².